The van der Waals surface area contributed by atoms with Gasteiger partial charge in [0, 0.05) is 30.3 Å². The van der Waals surface area contributed by atoms with Crippen molar-refractivity contribution >= 4 is 5.69 Å². The molecule has 104 valence electrons. The Hall–Kier alpha value is -1.42. The number of nitrogens with zero attached hydrogens (tertiary/aromatic N) is 1. The Morgan fingerprint density at radius 1 is 1.21 bits per heavy atom. The first-order valence-corrected chi connectivity index (χ1v) is 6.89. The number of ether oxygens (including phenoxy) is 2. The van der Waals surface area contributed by atoms with E-state index in [-0.39, 0.29) is 11.5 Å². The van der Waals surface area contributed by atoms with Crippen LogP contribution in [0.2, 0.25) is 0 Å². The Morgan fingerprint density at radius 3 is 2.68 bits per heavy atom. The van der Waals surface area contributed by atoms with E-state index in [4.69, 9.17) is 9.47 Å². The van der Waals surface area contributed by atoms with Crippen LogP contribution in [0, 0.1) is 5.41 Å². The zero-order valence-electron chi connectivity index (χ0n) is 11.6. The molecule has 2 heterocycles. The van der Waals surface area contributed by atoms with Crippen molar-refractivity contribution < 1.29 is 14.6 Å². The van der Waals surface area contributed by atoms with E-state index in [2.05, 4.69) is 24.8 Å². The number of aliphatic hydroxyl groups excluding tert-OH is 1. The molecule has 0 spiro atoms. The largest absolute Gasteiger partial charge is 0.486 e. The highest BCUT2D eigenvalue weighted by Crippen LogP contribution is 2.37. The molecule has 1 N–H and O–H groups in total. The van der Waals surface area contributed by atoms with Gasteiger partial charge >= 0.3 is 0 Å². The van der Waals surface area contributed by atoms with E-state index in [1.165, 1.54) is 0 Å². The second-order valence-corrected chi connectivity index (χ2v) is 6.04. The molecule has 0 aromatic heterocycles. The number of rotatable bonds is 1. The Kier molecular flexibility index (Phi) is 3.05. The normalized spacial score (nSPS) is 25.2. The third-order valence-electron chi connectivity index (χ3n) is 4.06. The molecule has 4 nitrogen and oxygen atoms in total. The first-order chi connectivity index (χ1) is 9.06. The lowest BCUT2D eigenvalue weighted by molar-refractivity contribution is 0.0336. The van der Waals surface area contributed by atoms with Crippen molar-refractivity contribution in [3.8, 4) is 11.5 Å². The molecule has 1 unspecified atom stereocenters. The van der Waals surface area contributed by atoms with Gasteiger partial charge in [0.15, 0.2) is 11.5 Å². The van der Waals surface area contributed by atoms with Crippen molar-refractivity contribution in [3.05, 3.63) is 18.2 Å². The maximum absolute atomic E-state index is 10.0. The number of piperidine rings is 1. The highest BCUT2D eigenvalue weighted by molar-refractivity contribution is 5.57. The summed E-state index contributed by atoms with van der Waals surface area (Å²) < 4.78 is 11.2. The van der Waals surface area contributed by atoms with E-state index >= 15 is 0 Å². The zero-order valence-corrected chi connectivity index (χ0v) is 11.6. The summed E-state index contributed by atoms with van der Waals surface area (Å²) in [6.07, 6.45) is 0.586. The van der Waals surface area contributed by atoms with E-state index in [0.29, 0.717) is 13.2 Å². The van der Waals surface area contributed by atoms with Crippen molar-refractivity contribution in [2.45, 2.75) is 26.4 Å². The minimum absolute atomic E-state index is 0.0779. The number of hydrogen-bond donors (Lipinski definition) is 1. The summed E-state index contributed by atoms with van der Waals surface area (Å²) >= 11 is 0. The van der Waals surface area contributed by atoms with Crippen molar-refractivity contribution in [2.24, 2.45) is 5.41 Å². The van der Waals surface area contributed by atoms with E-state index in [1.807, 2.05) is 12.1 Å². The lowest BCUT2D eigenvalue weighted by atomic mass is 9.81. The van der Waals surface area contributed by atoms with Gasteiger partial charge in [-0.25, -0.2) is 0 Å². The molecule has 3 rings (SSSR count). The van der Waals surface area contributed by atoms with Gasteiger partial charge in [-0.2, -0.15) is 0 Å². The summed E-state index contributed by atoms with van der Waals surface area (Å²) in [7, 11) is 0. The van der Waals surface area contributed by atoms with Gasteiger partial charge in [-0.15, -0.1) is 0 Å². The second kappa shape index (κ2) is 4.60. The monoisotopic (exact) mass is 263 g/mol. The van der Waals surface area contributed by atoms with E-state index in [1.54, 1.807) is 0 Å². The van der Waals surface area contributed by atoms with Gasteiger partial charge in [-0.1, -0.05) is 13.8 Å². The van der Waals surface area contributed by atoms with Crippen molar-refractivity contribution in [2.75, 3.05) is 31.2 Å². The fraction of sp³-hybridized carbons (Fsp3) is 0.600. The van der Waals surface area contributed by atoms with Gasteiger partial charge in [-0.3, -0.25) is 0 Å². The molecule has 1 aromatic rings. The molecule has 0 radical (unpaired) electrons. The maximum Gasteiger partial charge on any atom is 0.163 e. The summed E-state index contributed by atoms with van der Waals surface area (Å²) in [5.41, 5.74) is 1.06. The van der Waals surface area contributed by atoms with E-state index < -0.39 is 0 Å². The van der Waals surface area contributed by atoms with Crippen molar-refractivity contribution in [1.82, 2.24) is 0 Å². The third-order valence-corrected chi connectivity index (χ3v) is 4.06. The minimum Gasteiger partial charge on any atom is -0.486 e. The fourth-order valence-corrected chi connectivity index (χ4v) is 2.79. The van der Waals surface area contributed by atoms with Crippen LogP contribution in [0.4, 0.5) is 5.69 Å². The molecule has 4 heteroatoms. The lowest BCUT2D eigenvalue weighted by Crippen LogP contribution is -2.48. The summed E-state index contributed by atoms with van der Waals surface area (Å²) in [5.74, 6) is 1.65. The van der Waals surface area contributed by atoms with Crippen LogP contribution in [-0.2, 0) is 0 Å². The molecule has 0 saturated carbocycles. The quantitative estimate of drug-likeness (QED) is 0.842. The van der Waals surface area contributed by atoms with Crippen LogP contribution in [-0.4, -0.2) is 37.5 Å². The molecule has 19 heavy (non-hydrogen) atoms. The first-order valence-electron chi connectivity index (χ1n) is 6.89. The van der Waals surface area contributed by atoms with Gasteiger partial charge in [0.05, 0.1) is 6.10 Å². The molecular formula is C15H21NO3. The highest BCUT2D eigenvalue weighted by atomic mass is 16.6. The van der Waals surface area contributed by atoms with Gasteiger partial charge in [-0.05, 0) is 18.6 Å². The standard InChI is InChI=1S/C15H21NO3/c1-15(2)10-16(6-5-14(15)17)11-3-4-12-13(9-11)19-8-7-18-12/h3-4,9,14,17H,5-8,10H2,1-2H3. The van der Waals surface area contributed by atoms with Gasteiger partial charge in [0.1, 0.15) is 13.2 Å². The molecule has 1 aromatic carbocycles. The van der Waals surface area contributed by atoms with Gasteiger partial charge in [0.2, 0.25) is 0 Å². The minimum atomic E-state index is -0.221. The summed E-state index contributed by atoms with van der Waals surface area (Å²) in [5, 5.41) is 10.0. The van der Waals surface area contributed by atoms with Crippen LogP contribution in [0.3, 0.4) is 0 Å². The molecule has 0 bridgehead atoms. The Balaban J connectivity index is 1.83. The number of aliphatic hydroxyl groups is 1. The predicted octanol–water partition coefficient (Wildman–Crippen LogP) is 2.06. The SMILES string of the molecule is CC1(C)CN(c2ccc3c(c2)OCCO3)CCC1O. The van der Waals surface area contributed by atoms with Gasteiger partial charge < -0.3 is 19.5 Å². The first kappa shape index (κ1) is 12.6. The third kappa shape index (κ3) is 2.37. The van der Waals surface area contributed by atoms with Crippen molar-refractivity contribution in [1.29, 1.82) is 0 Å². The maximum atomic E-state index is 10.0. The molecule has 2 aliphatic heterocycles. The molecule has 1 saturated heterocycles. The number of benzene rings is 1. The van der Waals surface area contributed by atoms with Crippen LogP contribution in [0.1, 0.15) is 20.3 Å². The van der Waals surface area contributed by atoms with Crippen LogP contribution < -0.4 is 14.4 Å². The number of anilines is 1. The Bertz CT molecular complexity index is 472. The molecular weight excluding hydrogens is 242 g/mol. The average molecular weight is 263 g/mol. The topological polar surface area (TPSA) is 41.9 Å². The Labute approximate surface area is 113 Å². The molecule has 2 aliphatic rings. The van der Waals surface area contributed by atoms with E-state index in [9.17, 15) is 5.11 Å². The summed E-state index contributed by atoms with van der Waals surface area (Å²) in [6, 6.07) is 6.09. The second-order valence-electron chi connectivity index (χ2n) is 6.04. The van der Waals surface area contributed by atoms with Crippen LogP contribution in [0.15, 0.2) is 18.2 Å². The smallest absolute Gasteiger partial charge is 0.163 e. The number of hydrogen-bond acceptors (Lipinski definition) is 4. The lowest BCUT2D eigenvalue weighted by Gasteiger charge is -2.43. The molecule has 1 fully saturated rings. The fourth-order valence-electron chi connectivity index (χ4n) is 2.79. The van der Waals surface area contributed by atoms with E-state index in [0.717, 1.165) is 36.7 Å². The number of fused-ring (bicyclic) bond motifs is 1. The summed E-state index contributed by atoms with van der Waals surface area (Å²) in [4.78, 5) is 2.31. The van der Waals surface area contributed by atoms with Crippen molar-refractivity contribution in [3.63, 3.8) is 0 Å². The zero-order chi connectivity index (χ0) is 13.5. The van der Waals surface area contributed by atoms with Crippen LogP contribution in [0.5, 0.6) is 11.5 Å². The van der Waals surface area contributed by atoms with Gasteiger partial charge in [0.25, 0.3) is 0 Å². The average Bonchev–Trinajstić information content (AvgIpc) is 2.41. The molecule has 0 aliphatic carbocycles. The summed E-state index contributed by atoms with van der Waals surface area (Å²) in [6.45, 7) is 7.19. The predicted molar refractivity (Wildman–Crippen MR) is 74.0 cm³/mol. The molecule has 0 amide bonds. The van der Waals surface area contributed by atoms with Crippen LogP contribution >= 0.6 is 0 Å². The van der Waals surface area contributed by atoms with Crippen LogP contribution in [0.25, 0.3) is 0 Å². The molecule has 1 atom stereocenters. The highest BCUT2D eigenvalue weighted by Gasteiger charge is 2.34. The Morgan fingerprint density at radius 2 is 1.95 bits per heavy atom.